The van der Waals surface area contributed by atoms with Crippen LogP contribution in [0, 0.1) is 0 Å². The van der Waals surface area contributed by atoms with E-state index in [-0.39, 0.29) is 28.2 Å². The minimum absolute atomic E-state index is 0.0270. The second-order valence-electron chi connectivity index (χ2n) is 5.98. The maximum Gasteiger partial charge on any atom is 0.262 e. The lowest BCUT2D eigenvalue weighted by molar-refractivity contribution is -0.118. The molecule has 1 aliphatic rings. The summed E-state index contributed by atoms with van der Waals surface area (Å²) < 4.78 is 32.7. The molecule has 0 spiro atoms. The predicted octanol–water partition coefficient (Wildman–Crippen LogP) is 4.36. The molecule has 1 amide bonds. The van der Waals surface area contributed by atoms with E-state index in [4.69, 9.17) is 39.5 Å². The molecule has 10 heteroatoms. The number of benzene rings is 2. The van der Waals surface area contributed by atoms with Crippen LogP contribution in [0.4, 0.5) is 5.69 Å². The van der Waals surface area contributed by atoms with Crippen molar-refractivity contribution >= 4 is 56.4 Å². The molecule has 0 aliphatic carbocycles. The van der Waals surface area contributed by atoms with E-state index < -0.39 is 16.1 Å². The van der Waals surface area contributed by atoms with Gasteiger partial charge in [0.25, 0.3) is 5.91 Å². The molecule has 0 saturated carbocycles. The summed E-state index contributed by atoms with van der Waals surface area (Å²) >= 11 is 18.3. The number of anilines is 1. The number of ether oxygens (including phenoxy) is 1. The summed E-state index contributed by atoms with van der Waals surface area (Å²) in [6.45, 7) is 1.51. The maximum atomic E-state index is 13.1. The van der Waals surface area contributed by atoms with Crippen molar-refractivity contribution in [3.8, 4) is 5.75 Å². The topological polar surface area (TPSA) is 75.7 Å². The molecular weight excluding hydrogens is 435 g/mol. The highest BCUT2D eigenvalue weighted by Gasteiger charge is 2.31. The van der Waals surface area contributed by atoms with Crippen molar-refractivity contribution in [2.24, 2.45) is 0 Å². The van der Waals surface area contributed by atoms with Crippen LogP contribution >= 0.6 is 34.8 Å². The zero-order valence-corrected chi connectivity index (χ0v) is 17.4. The van der Waals surface area contributed by atoms with Crippen LogP contribution in [0.25, 0.3) is 0 Å². The number of carbonyl (C=O) groups is 1. The van der Waals surface area contributed by atoms with Gasteiger partial charge in [0, 0.05) is 29.2 Å². The molecule has 1 N–H and O–H groups in total. The van der Waals surface area contributed by atoms with E-state index in [1.165, 1.54) is 19.2 Å². The minimum atomic E-state index is -3.97. The molecule has 0 aromatic heterocycles. The predicted molar refractivity (Wildman–Crippen MR) is 105 cm³/mol. The number of rotatable bonds is 4. The summed E-state index contributed by atoms with van der Waals surface area (Å²) in [6.07, 6.45) is 0. The second-order valence-corrected chi connectivity index (χ2v) is 9.20. The van der Waals surface area contributed by atoms with Crippen molar-refractivity contribution in [2.75, 3.05) is 19.0 Å². The molecule has 27 heavy (non-hydrogen) atoms. The van der Waals surface area contributed by atoms with Crippen LogP contribution < -0.4 is 10.1 Å². The molecule has 1 unspecified atom stereocenters. The van der Waals surface area contributed by atoms with Gasteiger partial charge in [-0.1, -0.05) is 40.9 Å². The first-order valence-corrected chi connectivity index (χ1v) is 10.4. The normalized spacial score (nSPS) is 15.1. The molecule has 1 aliphatic heterocycles. The van der Waals surface area contributed by atoms with Crippen LogP contribution in [-0.2, 0) is 14.8 Å². The van der Waals surface area contributed by atoms with E-state index in [0.717, 1.165) is 4.31 Å². The largest absolute Gasteiger partial charge is 0.482 e. The molecule has 144 valence electrons. The first-order valence-electron chi connectivity index (χ1n) is 7.80. The number of carbonyl (C=O) groups excluding carboxylic acids is 1. The monoisotopic (exact) mass is 448 g/mol. The van der Waals surface area contributed by atoms with Gasteiger partial charge < -0.3 is 10.1 Å². The zero-order chi connectivity index (χ0) is 19.9. The summed E-state index contributed by atoms with van der Waals surface area (Å²) in [6, 6.07) is 6.95. The molecule has 6 nitrogen and oxygen atoms in total. The summed E-state index contributed by atoms with van der Waals surface area (Å²) in [5.41, 5.74) is 0.927. The van der Waals surface area contributed by atoms with Crippen molar-refractivity contribution in [1.82, 2.24) is 4.31 Å². The molecular formula is C17H15Cl3N2O4S. The van der Waals surface area contributed by atoms with Crippen molar-refractivity contribution in [3.63, 3.8) is 0 Å². The van der Waals surface area contributed by atoms with E-state index in [1.54, 1.807) is 25.1 Å². The molecule has 1 heterocycles. The van der Waals surface area contributed by atoms with E-state index >= 15 is 0 Å². The first-order chi connectivity index (χ1) is 12.6. The van der Waals surface area contributed by atoms with Crippen LogP contribution in [0.15, 0.2) is 35.2 Å². The Morgan fingerprint density at radius 2 is 1.85 bits per heavy atom. The highest BCUT2D eigenvalue weighted by molar-refractivity contribution is 7.89. The second kappa shape index (κ2) is 7.48. The molecule has 0 radical (unpaired) electrons. The summed E-state index contributed by atoms with van der Waals surface area (Å²) in [7, 11) is -2.54. The maximum absolute atomic E-state index is 13.1. The van der Waals surface area contributed by atoms with Crippen LogP contribution in [0.2, 0.25) is 15.1 Å². The van der Waals surface area contributed by atoms with Crippen molar-refractivity contribution in [3.05, 3.63) is 51.0 Å². The third-order valence-corrected chi connectivity index (χ3v) is 7.24. The summed E-state index contributed by atoms with van der Waals surface area (Å²) in [4.78, 5) is 11.3. The fraction of sp³-hybridized carbons (Fsp3) is 0.235. The van der Waals surface area contributed by atoms with Crippen LogP contribution in [0.5, 0.6) is 5.75 Å². The molecule has 2 aromatic carbocycles. The van der Waals surface area contributed by atoms with Gasteiger partial charge in [-0.05, 0) is 30.7 Å². The SMILES string of the molecule is CC(c1ccc(Cl)cc1Cl)N(C)S(=O)(=O)c1cc2c(cc1Cl)NC(=O)CO2. The van der Waals surface area contributed by atoms with Gasteiger partial charge in [0.1, 0.15) is 10.6 Å². The molecule has 3 rings (SSSR count). The molecule has 0 fully saturated rings. The van der Waals surface area contributed by atoms with Crippen LogP contribution in [0.3, 0.4) is 0 Å². The minimum Gasteiger partial charge on any atom is -0.482 e. The number of sulfonamides is 1. The number of nitrogens with one attached hydrogen (secondary N) is 1. The van der Waals surface area contributed by atoms with Gasteiger partial charge in [0.05, 0.1) is 10.7 Å². The van der Waals surface area contributed by atoms with Gasteiger partial charge in [-0.25, -0.2) is 8.42 Å². The van der Waals surface area contributed by atoms with E-state index in [1.807, 2.05) is 0 Å². The van der Waals surface area contributed by atoms with Crippen LogP contribution in [-0.4, -0.2) is 32.3 Å². The number of hydrogen-bond donors (Lipinski definition) is 1. The number of fused-ring (bicyclic) bond motifs is 1. The van der Waals surface area contributed by atoms with Crippen molar-refractivity contribution in [2.45, 2.75) is 17.9 Å². The first kappa shape index (κ1) is 20.2. The average molecular weight is 450 g/mol. The van der Waals surface area contributed by atoms with Gasteiger partial charge in [-0.3, -0.25) is 4.79 Å². The highest BCUT2D eigenvalue weighted by atomic mass is 35.5. The molecule has 0 bridgehead atoms. The van der Waals surface area contributed by atoms with E-state index in [9.17, 15) is 13.2 Å². The van der Waals surface area contributed by atoms with E-state index in [2.05, 4.69) is 5.32 Å². The van der Waals surface area contributed by atoms with Gasteiger partial charge in [-0.2, -0.15) is 4.31 Å². The Morgan fingerprint density at radius 3 is 2.52 bits per heavy atom. The smallest absolute Gasteiger partial charge is 0.262 e. The lowest BCUT2D eigenvalue weighted by Gasteiger charge is -2.27. The number of halogens is 3. The Kier molecular flexibility index (Phi) is 5.61. The Balaban J connectivity index is 1.99. The summed E-state index contributed by atoms with van der Waals surface area (Å²) in [5.74, 6) is -0.0968. The lowest BCUT2D eigenvalue weighted by atomic mass is 10.1. The number of nitrogens with zero attached hydrogens (tertiary/aromatic N) is 1. The third kappa shape index (κ3) is 3.88. The highest BCUT2D eigenvalue weighted by Crippen LogP contribution is 2.39. The van der Waals surface area contributed by atoms with Gasteiger partial charge >= 0.3 is 0 Å². The lowest BCUT2D eigenvalue weighted by Crippen LogP contribution is -2.31. The number of amides is 1. The Morgan fingerprint density at radius 1 is 1.15 bits per heavy atom. The Labute approximate surface area is 172 Å². The van der Waals surface area contributed by atoms with Crippen LogP contribution in [0.1, 0.15) is 18.5 Å². The number of hydrogen-bond acceptors (Lipinski definition) is 4. The molecule has 2 aromatic rings. The fourth-order valence-corrected chi connectivity index (χ4v) is 5.10. The zero-order valence-electron chi connectivity index (χ0n) is 14.3. The molecule has 1 atom stereocenters. The van der Waals surface area contributed by atoms with Gasteiger partial charge in [-0.15, -0.1) is 0 Å². The Bertz CT molecular complexity index is 1030. The summed E-state index contributed by atoms with van der Waals surface area (Å²) in [5, 5.41) is 3.37. The standard InChI is InChI=1S/C17H15Cl3N2O4S/c1-9(11-4-3-10(18)5-12(11)19)22(2)27(24,25)16-7-15-14(6-13(16)20)21-17(23)8-26-15/h3-7,9H,8H2,1-2H3,(H,21,23). The van der Waals surface area contributed by atoms with Gasteiger partial charge in [0.2, 0.25) is 10.0 Å². The third-order valence-electron chi connectivity index (χ3n) is 4.28. The molecule has 0 saturated heterocycles. The average Bonchev–Trinajstić information content (AvgIpc) is 2.59. The quantitative estimate of drug-likeness (QED) is 0.752. The van der Waals surface area contributed by atoms with Gasteiger partial charge in [0.15, 0.2) is 6.61 Å². The van der Waals surface area contributed by atoms with Crippen molar-refractivity contribution in [1.29, 1.82) is 0 Å². The van der Waals surface area contributed by atoms with Crippen molar-refractivity contribution < 1.29 is 17.9 Å². The fourth-order valence-electron chi connectivity index (χ4n) is 2.68. The Hall–Kier alpha value is -1.51. The van der Waals surface area contributed by atoms with E-state index in [0.29, 0.717) is 21.3 Å².